The molecule has 0 radical (unpaired) electrons. The third kappa shape index (κ3) is 4.47. The fourth-order valence-corrected chi connectivity index (χ4v) is 11.6. The van der Waals surface area contributed by atoms with E-state index in [0.717, 1.165) is 19.3 Å². The lowest BCUT2D eigenvalue weighted by Gasteiger charge is -2.63. The van der Waals surface area contributed by atoms with Crippen molar-refractivity contribution in [3.05, 3.63) is 0 Å². The molecule has 3 aliphatic heterocycles. The van der Waals surface area contributed by atoms with Gasteiger partial charge in [0.05, 0.1) is 37.6 Å². The first kappa shape index (κ1) is 32.8. The summed E-state index contributed by atoms with van der Waals surface area (Å²) in [6.45, 7) is 8.22. The number of carbonyl (C=O) groups excluding carboxylic acids is 1. The van der Waals surface area contributed by atoms with Gasteiger partial charge < -0.3 is 54.7 Å². The lowest BCUT2D eigenvalue weighted by Crippen LogP contribution is -2.69. The standard InChI is InChI=1S/C33H52O12/c1-14-13-42-33(11-22(14)43-29-28(40)27(39)26(38)23(12-34)44-29)15(2)25-21(45-33)8-18-16-7-24(37)32(41)10-20(36)19(35)9-31(32,4)17(16)5-6-30(18,25)3/h14-23,25-29,34-36,38-41H,5-13H2,1-4H3/t14?,15-,16+,17-,18-,19?,20?,21-,22?,23+,25-,26+,27-,28+,29+,30-,31+,32?,33+/m0/s1. The molecule has 7 fully saturated rings. The average molecular weight is 641 g/mol. The zero-order valence-electron chi connectivity index (χ0n) is 26.7. The van der Waals surface area contributed by atoms with Crippen LogP contribution in [-0.2, 0) is 23.7 Å². The minimum Gasteiger partial charge on any atom is -0.394 e. The van der Waals surface area contributed by atoms with Crippen LogP contribution in [0, 0.1) is 46.3 Å². The zero-order valence-corrected chi connectivity index (χ0v) is 26.7. The summed E-state index contributed by atoms with van der Waals surface area (Å²) in [4.78, 5) is 13.7. The molecule has 0 aromatic rings. The van der Waals surface area contributed by atoms with E-state index in [1.165, 1.54) is 0 Å². The first-order valence-corrected chi connectivity index (χ1v) is 17.0. The molecule has 4 saturated carbocycles. The fourth-order valence-electron chi connectivity index (χ4n) is 11.6. The number of hydrogen-bond donors (Lipinski definition) is 7. The lowest BCUT2D eigenvalue weighted by molar-refractivity contribution is -0.344. The monoisotopic (exact) mass is 640 g/mol. The van der Waals surface area contributed by atoms with Crippen LogP contribution in [0.5, 0.6) is 0 Å². The first-order valence-electron chi connectivity index (χ1n) is 17.0. The molecule has 3 saturated heterocycles. The Morgan fingerprint density at radius 2 is 1.67 bits per heavy atom. The van der Waals surface area contributed by atoms with E-state index in [0.29, 0.717) is 13.0 Å². The third-order valence-electron chi connectivity index (χ3n) is 14.2. The van der Waals surface area contributed by atoms with Crippen LogP contribution in [0.1, 0.15) is 72.6 Å². The molecule has 5 unspecified atom stereocenters. The van der Waals surface area contributed by atoms with Gasteiger partial charge in [0.1, 0.15) is 30.0 Å². The number of aliphatic hydroxyl groups excluding tert-OH is 6. The summed E-state index contributed by atoms with van der Waals surface area (Å²) >= 11 is 0. The van der Waals surface area contributed by atoms with E-state index in [1.807, 2.05) is 13.8 Å². The van der Waals surface area contributed by atoms with Gasteiger partial charge in [-0.2, -0.15) is 0 Å². The maximum absolute atomic E-state index is 13.7. The minimum atomic E-state index is -1.63. The molecule has 7 rings (SSSR count). The Hall–Kier alpha value is -0.770. The molecule has 256 valence electrons. The number of hydrogen-bond acceptors (Lipinski definition) is 12. The molecule has 0 aromatic heterocycles. The van der Waals surface area contributed by atoms with Gasteiger partial charge in [-0.3, -0.25) is 4.79 Å². The highest BCUT2D eigenvalue weighted by molar-refractivity contribution is 5.89. The molecule has 7 aliphatic rings. The van der Waals surface area contributed by atoms with Crippen molar-refractivity contribution >= 4 is 5.78 Å². The Labute approximate surface area is 264 Å². The van der Waals surface area contributed by atoms with Gasteiger partial charge in [-0.05, 0) is 54.8 Å². The Morgan fingerprint density at radius 1 is 0.956 bits per heavy atom. The van der Waals surface area contributed by atoms with Crippen molar-refractivity contribution in [1.82, 2.24) is 0 Å². The van der Waals surface area contributed by atoms with Crippen LogP contribution in [0.25, 0.3) is 0 Å². The van der Waals surface area contributed by atoms with Crippen molar-refractivity contribution in [3.8, 4) is 0 Å². The first-order chi connectivity index (χ1) is 21.1. The summed E-state index contributed by atoms with van der Waals surface area (Å²) in [7, 11) is 0. The van der Waals surface area contributed by atoms with Crippen LogP contribution >= 0.6 is 0 Å². The van der Waals surface area contributed by atoms with E-state index in [2.05, 4.69) is 13.8 Å². The number of ether oxygens (including phenoxy) is 4. The summed E-state index contributed by atoms with van der Waals surface area (Å²) in [6, 6.07) is 0. The van der Waals surface area contributed by atoms with Crippen LogP contribution in [0.4, 0.5) is 0 Å². The summed E-state index contributed by atoms with van der Waals surface area (Å²) in [5, 5.41) is 73.5. The Bertz CT molecular complexity index is 1170. The van der Waals surface area contributed by atoms with Crippen molar-refractivity contribution in [2.75, 3.05) is 13.2 Å². The molecular weight excluding hydrogens is 588 g/mol. The van der Waals surface area contributed by atoms with E-state index >= 15 is 0 Å². The largest absolute Gasteiger partial charge is 0.394 e. The van der Waals surface area contributed by atoms with Gasteiger partial charge in [-0.25, -0.2) is 0 Å². The van der Waals surface area contributed by atoms with E-state index in [1.54, 1.807) is 0 Å². The number of rotatable bonds is 3. The molecule has 7 N–H and O–H groups in total. The van der Waals surface area contributed by atoms with Crippen molar-refractivity contribution < 1.29 is 59.5 Å². The smallest absolute Gasteiger partial charge is 0.186 e. The molecule has 12 heteroatoms. The molecule has 0 amide bonds. The summed E-state index contributed by atoms with van der Waals surface area (Å²) in [5.74, 6) is -0.777. The summed E-state index contributed by atoms with van der Waals surface area (Å²) < 4.78 is 25.3. The van der Waals surface area contributed by atoms with Gasteiger partial charge in [0.15, 0.2) is 17.9 Å². The molecule has 4 aliphatic carbocycles. The quantitative estimate of drug-likeness (QED) is 0.216. The highest BCUT2D eigenvalue weighted by Crippen LogP contribution is 2.71. The van der Waals surface area contributed by atoms with Gasteiger partial charge in [-0.1, -0.05) is 27.7 Å². The second-order valence-electron chi connectivity index (χ2n) is 16.3. The predicted octanol–water partition coefficient (Wildman–Crippen LogP) is -0.146. The highest BCUT2D eigenvalue weighted by atomic mass is 16.7. The Kier molecular flexibility index (Phi) is 7.91. The predicted molar refractivity (Wildman–Crippen MR) is 155 cm³/mol. The molecular formula is C33H52O12. The van der Waals surface area contributed by atoms with Crippen LogP contribution < -0.4 is 0 Å². The molecule has 3 heterocycles. The van der Waals surface area contributed by atoms with Crippen molar-refractivity contribution in [2.45, 2.75) is 139 Å². The number of Topliss-reactive ketones (excluding diaryl/α,β-unsaturated/α-hetero) is 1. The van der Waals surface area contributed by atoms with E-state index < -0.39 is 72.4 Å². The Balaban J connectivity index is 1.10. The van der Waals surface area contributed by atoms with Crippen LogP contribution in [0.3, 0.4) is 0 Å². The van der Waals surface area contributed by atoms with Crippen molar-refractivity contribution in [2.24, 2.45) is 46.3 Å². The highest BCUT2D eigenvalue weighted by Gasteiger charge is 2.73. The molecule has 45 heavy (non-hydrogen) atoms. The average Bonchev–Trinajstić information content (AvgIpc) is 3.43. The van der Waals surface area contributed by atoms with Crippen molar-refractivity contribution in [3.63, 3.8) is 0 Å². The van der Waals surface area contributed by atoms with E-state index in [-0.39, 0.29) is 72.1 Å². The third-order valence-corrected chi connectivity index (χ3v) is 14.2. The van der Waals surface area contributed by atoms with Crippen LogP contribution in [-0.4, -0.2) is 121 Å². The molecule has 1 spiro atoms. The zero-order chi connectivity index (χ0) is 32.4. The second kappa shape index (κ2) is 10.9. The molecule has 0 aromatic carbocycles. The van der Waals surface area contributed by atoms with Gasteiger partial charge in [0.2, 0.25) is 0 Å². The van der Waals surface area contributed by atoms with Crippen molar-refractivity contribution in [1.29, 1.82) is 0 Å². The molecule has 0 bridgehead atoms. The van der Waals surface area contributed by atoms with Crippen LogP contribution in [0.15, 0.2) is 0 Å². The lowest BCUT2D eigenvalue weighted by atomic mass is 9.42. The van der Waals surface area contributed by atoms with E-state index in [4.69, 9.17) is 18.9 Å². The summed E-state index contributed by atoms with van der Waals surface area (Å²) in [6.07, 6.45) is -6.19. The second-order valence-corrected chi connectivity index (χ2v) is 16.3. The number of carbonyl (C=O) groups is 1. The maximum Gasteiger partial charge on any atom is 0.186 e. The Morgan fingerprint density at radius 3 is 2.38 bits per heavy atom. The minimum absolute atomic E-state index is 0.0130. The maximum atomic E-state index is 13.7. The normalized spacial score (nSPS) is 61.0. The number of fused-ring (bicyclic) bond motifs is 7. The van der Waals surface area contributed by atoms with Gasteiger partial charge in [0, 0.05) is 36.5 Å². The molecule has 19 atom stereocenters. The van der Waals surface area contributed by atoms with Gasteiger partial charge >= 0.3 is 0 Å². The van der Waals surface area contributed by atoms with Crippen LogP contribution in [0.2, 0.25) is 0 Å². The molecule has 12 nitrogen and oxygen atoms in total. The topological polar surface area (TPSA) is 196 Å². The fraction of sp³-hybridized carbons (Fsp3) is 0.970. The number of aliphatic hydroxyl groups is 7. The van der Waals surface area contributed by atoms with E-state index in [9.17, 15) is 40.5 Å². The number of ketones is 1. The summed E-state index contributed by atoms with van der Waals surface area (Å²) in [5.41, 5.74) is -2.57. The SMILES string of the molecule is CC1CO[C@]2(CC1O[C@@H]1O[C@H](CO)[C@@H](O)[C@H](O)[C@H]1O)O[C@H]1C[C@H]3[C@@H]4CC(=O)C5(O)CC(O)C(O)C[C@]5(C)[C@H]4CC[C@]3(C)[C@H]1[C@@H]2C. The van der Waals surface area contributed by atoms with Gasteiger partial charge in [0.25, 0.3) is 0 Å². The van der Waals surface area contributed by atoms with Gasteiger partial charge in [-0.15, -0.1) is 0 Å².